The minimum Gasteiger partial charge on any atom is -0.343 e. The molecular formula is C15H15N5O. The average molecular weight is 281 g/mol. The van der Waals surface area contributed by atoms with Crippen LogP contribution in [-0.2, 0) is 0 Å². The van der Waals surface area contributed by atoms with E-state index in [0.717, 1.165) is 5.69 Å². The Morgan fingerprint density at radius 3 is 2.38 bits per heavy atom. The van der Waals surface area contributed by atoms with Gasteiger partial charge in [-0.3, -0.25) is 4.79 Å². The molecule has 1 aromatic heterocycles. The molecule has 0 unspecified atom stereocenters. The predicted molar refractivity (Wildman–Crippen MR) is 79.3 cm³/mol. The highest BCUT2D eigenvalue weighted by Gasteiger charge is 2.13. The molecule has 0 aliphatic carbocycles. The van der Waals surface area contributed by atoms with Crippen LogP contribution in [-0.4, -0.2) is 42.1 Å². The molecular weight excluding hydrogens is 266 g/mol. The third-order valence-corrected chi connectivity index (χ3v) is 3.01. The van der Waals surface area contributed by atoms with E-state index in [2.05, 4.69) is 16.3 Å². The summed E-state index contributed by atoms with van der Waals surface area (Å²) >= 11 is 0. The number of para-hydroxylation sites is 1. The van der Waals surface area contributed by atoms with E-state index in [1.807, 2.05) is 12.1 Å². The van der Waals surface area contributed by atoms with Crippen LogP contribution in [0.1, 0.15) is 16.1 Å². The second kappa shape index (κ2) is 6.01. The number of amides is 1. The first-order valence-corrected chi connectivity index (χ1v) is 6.33. The summed E-state index contributed by atoms with van der Waals surface area (Å²) in [6.45, 7) is 0. The summed E-state index contributed by atoms with van der Waals surface area (Å²) in [5, 5.41) is 17.1. The number of anilines is 2. The summed E-state index contributed by atoms with van der Waals surface area (Å²) in [4.78, 5) is 15.0. The zero-order chi connectivity index (χ0) is 15.4. The van der Waals surface area contributed by atoms with Crippen molar-refractivity contribution in [3.05, 3.63) is 47.7 Å². The molecule has 0 bridgehead atoms. The molecule has 1 heterocycles. The smallest absolute Gasteiger partial charge is 0.273 e. The Labute approximate surface area is 123 Å². The first kappa shape index (κ1) is 14.5. The van der Waals surface area contributed by atoms with Gasteiger partial charge in [0.1, 0.15) is 6.07 Å². The SMILES string of the molecule is CN(C)C(=O)c1ccc(N(C)c2ccccc2C#N)nn1. The molecule has 0 saturated carbocycles. The summed E-state index contributed by atoms with van der Waals surface area (Å²) < 4.78 is 0. The zero-order valence-electron chi connectivity index (χ0n) is 12.1. The molecule has 1 amide bonds. The minimum atomic E-state index is -0.200. The second-order valence-corrected chi connectivity index (χ2v) is 4.66. The zero-order valence-corrected chi connectivity index (χ0v) is 12.1. The first-order chi connectivity index (χ1) is 10.0. The van der Waals surface area contributed by atoms with E-state index in [1.165, 1.54) is 4.90 Å². The van der Waals surface area contributed by atoms with E-state index < -0.39 is 0 Å². The molecule has 6 nitrogen and oxygen atoms in total. The lowest BCUT2D eigenvalue weighted by molar-refractivity contribution is 0.0821. The van der Waals surface area contributed by atoms with Crippen LogP contribution < -0.4 is 4.90 Å². The van der Waals surface area contributed by atoms with Gasteiger partial charge in [0.25, 0.3) is 5.91 Å². The molecule has 0 spiro atoms. The molecule has 0 aliphatic heterocycles. The lowest BCUT2D eigenvalue weighted by Gasteiger charge is -2.19. The summed E-state index contributed by atoms with van der Waals surface area (Å²) in [6.07, 6.45) is 0. The Balaban J connectivity index is 2.31. The lowest BCUT2D eigenvalue weighted by Crippen LogP contribution is -2.23. The molecule has 2 aromatic rings. The summed E-state index contributed by atoms with van der Waals surface area (Å²) in [5.74, 6) is 0.363. The van der Waals surface area contributed by atoms with Gasteiger partial charge in [-0.25, -0.2) is 0 Å². The van der Waals surface area contributed by atoms with Gasteiger partial charge in [-0.2, -0.15) is 5.26 Å². The molecule has 1 aromatic carbocycles. The number of benzene rings is 1. The van der Waals surface area contributed by atoms with Crippen molar-refractivity contribution in [1.29, 1.82) is 5.26 Å². The highest BCUT2D eigenvalue weighted by Crippen LogP contribution is 2.24. The fourth-order valence-electron chi connectivity index (χ4n) is 1.83. The van der Waals surface area contributed by atoms with Crippen LogP contribution in [0.2, 0.25) is 0 Å². The number of aromatic nitrogens is 2. The molecule has 21 heavy (non-hydrogen) atoms. The van der Waals surface area contributed by atoms with Gasteiger partial charge >= 0.3 is 0 Å². The van der Waals surface area contributed by atoms with E-state index in [9.17, 15) is 4.79 Å². The van der Waals surface area contributed by atoms with E-state index in [1.54, 1.807) is 50.3 Å². The van der Waals surface area contributed by atoms with Crippen LogP contribution >= 0.6 is 0 Å². The number of carbonyl (C=O) groups is 1. The van der Waals surface area contributed by atoms with Crippen molar-refractivity contribution in [2.45, 2.75) is 0 Å². The topological polar surface area (TPSA) is 73.1 Å². The van der Waals surface area contributed by atoms with Gasteiger partial charge < -0.3 is 9.80 Å². The number of nitrogens with zero attached hydrogens (tertiary/aromatic N) is 5. The quantitative estimate of drug-likeness (QED) is 0.858. The first-order valence-electron chi connectivity index (χ1n) is 6.33. The van der Waals surface area contributed by atoms with Crippen molar-refractivity contribution in [2.75, 3.05) is 26.0 Å². The maximum Gasteiger partial charge on any atom is 0.273 e. The Morgan fingerprint density at radius 2 is 1.81 bits per heavy atom. The van der Waals surface area contributed by atoms with Gasteiger partial charge in [0.05, 0.1) is 11.3 Å². The molecule has 0 atom stereocenters. The second-order valence-electron chi connectivity index (χ2n) is 4.66. The van der Waals surface area contributed by atoms with E-state index in [-0.39, 0.29) is 11.6 Å². The third kappa shape index (κ3) is 2.98. The van der Waals surface area contributed by atoms with E-state index in [0.29, 0.717) is 11.4 Å². The monoisotopic (exact) mass is 281 g/mol. The molecule has 0 radical (unpaired) electrons. The Hall–Kier alpha value is -2.94. The van der Waals surface area contributed by atoms with Crippen LogP contribution in [0.15, 0.2) is 36.4 Å². The van der Waals surface area contributed by atoms with Crippen LogP contribution in [0.25, 0.3) is 0 Å². The highest BCUT2D eigenvalue weighted by atomic mass is 16.2. The van der Waals surface area contributed by atoms with Gasteiger partial charge in [-0.05, 0) is 24.3 Å². The number of hydrogen-bond donors (Lipinski definition) is 0. The molecule has 6 heteroatoms. The Morgan fingerprint density at radius 1 is 1.10 bits per heavy atom. The maximum absolute atomic E-state index is 11.8. The maximum atomic E-state index is 11.8. The number of carbonyl (C=O) groups excluding carboxylic acids is 1. The molecule has 0 fully saturated rings. The number of rotatable bonds is 3. The van der Waals surface area contributed by atoms with Crippen LogP contribution in [0.3, 0.4) is 0 Å². The van der Waals surface area contributed by atoms with Crippen molar-refractivity contribution >= 4 is 17.4 Å². The van der Waals surface area contributed by atoms with Crippen molar-refractivity contribution in [3.63, 3.8) is 0 Å². The molecule has 0 saturated heterocycles. The van der Waals surface area contributed by atoms with Gasteiger partial charge in [0, 0.05) is 21.1 Å². The molecule has 0 aliphatic rings. The van der Waals surface area contributed by atoms with E-state index >= 15 is 0 Å². The molecule has 0 N–H and O–H groups in total. The van der Waals surface area contributed by atoms with Crippen molar-refractivity contribution < 1.29 is 4.79 Å². The largest absolute Gasteiger partial charge is 0.343 e. The fourth-order valence-corrected chi connectivity index (χ4v) is 1.83. The van der Waals surface area contributed by atoms with Crippen LogP contribution in [0, 0.1) is 11.3 Å². The molecule has 106 valence electrons. The Kier molecular flexibility index (Phi) is 4.14. The van der Waals surface area contributed by atoms with Gasteiger partial charge in [0.2, 0.25) is 0 Å². The van der Waals surface area contributed by atoms with Gasteiger partial charge in [-0.1, -0.05) is 12.1 Å². The summed E-state index contributed by atoms with van der Waals surface area (Å²) in [5.41, 5.74) is 1.57. The predicted octanol–water partition coefficient (Wildman–Crippen LogP) is 1.82. The van der Waals surface area contributed by atoms with Crippen molar-refractivity contribution in [1.82, 2.24) is 15.1 Å². The van der Waals surface area contributed by atoms with E-state index in [4.69, 9.17) is 5.26 Å². The minimum absolute atomic E-state index is 0.200. The highest BCUT2D eigenvalue weighted by molar-refractivity contribution is 5.91. The van der Waals surface area contributed by atoms with Gasteiger partial charge in [-0.15, -0.1) is 10.2 Å². The van der Waals surface area contributed by atoms with Crippen molar-refractivity contribution in [3.8, 4) is 6.07 Å². The average Bonchev–Trinajstić information content (AvgIpc) is 2.53. The number of nitriles is 1. The standard InChI is InChI=1S/C15H15N5O/c1-19(2)15(21)12-8-9-14(18-17-12)20(3)13-7-5-4-6-11(13)10-16/h4-9H,1-3H3. The third-order valence-electron chi connectivity index (χ3n) is 3.01. The fraction of sp³-hybridized carbons (Fsp3) is 0.200. The van der Waals surface area contributed by atoms with Crippen LogP contribution in [0.5, 0.6) is 0 Å². The van der Waals surface area contributed by atoms with Crippen LogP contribution in [0.4, 0.5) is 11.5 Å². The Bertz CT molecular complexity index is 688. The lowest BCUT2D eigenvalue weighted by atomic mass is 10.2. The summed E-state index contributed by atoms with van der Waals surface area (Å²) in [6, 6.07) is 12.7. The molecule has 2 rings (SSSR count). The summed E-state index contributed by atoms with van der Waals surface area (Å²) in [7, 11) is 5.12. The van der Waals surface area contributed by atoms with Gasteiger partial charge in [0.15, 0.2) is 11.5 Å². The number of hydrogen-bond acceptors (Lipinski definition) is 5. The van der Waals surface area contributed by atoms with Crippen molar-refractivity contribution in [2.24, 2.45) is 0 Å². The normalized spacial score (nSPS) is 9.81.